The minimum Gasteiger partial charge on any atom is -0.264 e. The molecule has 0 saturated carbocycles. The van der Waals surface area contributed by atoms with Crippen LogP contribution in [-0.4, -0.2) is 9.97 Å². The van der Waals surface area contributed by atoms with Gasteiger partial charge in [-0.15, -0.1) is 11.3 Å². The molecule has 0 saturated heterocycles. The molecule has 72 valence electrons. The Hall–Kier alpha value is -1.74. The summed E-state index contributed by atoms with van der Waals surface area (Å²) in [6, 6.07) is 8.24. The third-order valence-corrected chi connectivity index (χ3v) is 3.40. The minimum atomic E-state index is 1.17. The number of aromatic nitrogens is 2. The molecule has 3 heterocycles. The molecule has 0 aromatic carbocycles. The lowest BCUT2D eigenvalue weighted by Gasteiger charge is -1.92. The second-order valence-corrected chi connectivity index (χ2v) is 4.35. The molecule has 3 aromatic heterocycles. The Kier molecular flexibility index (Phi) is 1.96. The molecule has 0 unspecified atom stereocenters. The molecule has 0 radical (unpaired) electrons. The molecular formula is C12H8N2S. The smallest absolute Gasteiger partial charge is 0.0532 e. The van der Waals surface area contributed by atoms with E-state index in [2.05, 4.69) is 22.1 Å². The van der Waals surface area contributed by atoms with Gasteiger partial charge in [0.25, 0.3) is 0 Å². The molecule has 15 heavy (non-hydrogen) atoms. The molecule has 0 spiro atoms. The molecular weight excluding hydrogens is 204 g/mol. The van der Waals surface area contributed by atoms with E-state index in [0.717, 1.165) is 0 Å². The molecule has 0 N–H and O–H groups in total. The van der Waals surface area contributed by atoms with Gasteiger partial charge in [0.1, 0.15) is 0 Å². The highest BCUT2D eigenvalue weighted by Gasteiger charge is 2.03. The second kappa shape index (κ2) is 3.44. The standard InChI is InChI=1S/C12H8N2S/c1-2-10(7-13-4-1)11-6-9-3-5-14-8-12(9)15-11/h1-8H. The van der Waals surface area contributed by atoms with E-state index in [9.17, 15) is 0 Å². The maximum atomic E-state index is 4.12. The average molecular weight is 212 g/mol. The summed E-state index contributed by atoms with van der Waals surface area (Å²) in [6.07, 6.45) is 7.40. The lowest BCUT2D eigenvalue weighted by molar-refractivity contribution is 1.33. The van der Waals surface area contributed by atoms with E-state index in [1.54, 1.807) is 17.5 Å². The number of nitrogens with zero attached hydrogens (tertiary/aromatic N) is 2. The highest BCUT2D eigenvalue weighted by Crippen LogP contribution is 2.32. The minimum absolute atomic E-state index is 1.17. The van der Waals surface area contributed by atoms with Crippen LogP contribution in [0.2, 0.25) is 0 Å². The Bertz CT molecular complexity index is 554. The number of thiophene rings is 1. The molecule has 0 aliphatic rings. The summed E-state index contributed by atoms with van der Waals surface area (Å²) in [5.74, 6) is 0. The van der Waals surface area contributed by atoms with Gasteiger partial charge in [-0.05, 0) is 23.6 Å². The fourth-order valence-electron chi connectivity index (χ4n) is 1.54. The van der Waals surface area contributed by atoms with Gasteiger partial charge < -0.3 is 0 Å². The van der Waals surface area contributed by atoms with Crippen LogP contribution in [0.5, 0.6) is 0 Å². The largest absolute Gasteiger partial charge is 0.264 e. The third-order valence-electron chi connectivity index (χ3n) is 2.27. The van der Waals surface area contributed by atoms with Crippen molar-refractivity contribution in [1.82, 2.24) is 9.97 Å². The van der Waals surface area contributed by atoms with Gasteiger partial charge in [0.2, 0.25) is 0 Å². The van der Waals surface area contributed by atoms with Crippen molar-refractivity contribution in [3.63, 3.8) is 0 Å². The first-order chi connectivity index (χ1) is 7.43. The van der Waals surface area contributed by atoms with Gasteiger partial charge in [-0.2, -0.15) is 0 Å². The van der Waals surface area contributed by atoms with E-state index < -0.39 is 0 Å². The van der Waals surface area contributed by atoms with E-state index in [-0.39, 0.29) is 0 Å². The topological polar surface area (TPSA) is 25.8 Å². The molecule has 0 fully saturated rings. The molecule has 3 rings (SSSR count). The van der Waals surface area contributed by atoms with E-state index in [0.29, 0.717) is 0 Å². The van der Waals surface area contributed by atoms with E-state index in [4.69, 9.17) is 0 Å². The van der Waals surface area contributed by atoms with Gasteiger partial charge in [0.15, 0.2) is 0 Å². The van der Waals surface area contributed by atoms with Gasteiger partial charge in [0.05, 0.1) is 4.70 Å². The normalized spacial score (nSPS) is 10.7. The zero-order valence-corrected chi connectivity index (χ0v) is 8.74. The van der Waals surface area contributed by atoms with Crippen molar-refractivity contribution in [2.45, 2.75) is 0 Å². The van der Waals surface area contributed by atoms with Crippen molar-refractivity contribution in [3.8, 4) is 10.4 Å². The van der Waals surface area contributed by atoms with Crippen LogP contribution in [-0.2, 0) is 0 Å². The van der Waals surface area contributed by atoms with Gasteiger partial charge >= 0.3 is 0 Å². The second-order valence-electron chi connectivity index (χ2n) is 3.27. The van der Waals surface area contributed by atoms with Crippen LogP contribution >= 0.6 is 11.3 Å². The predicted molar refractivity (Wildman–Crippen MR) is 62.9 cm³/mol. The first-order valence-electron chi connectivity index (χ1n) is 4.67. The lowest BCUT2D eigenvalue weighted by Crippen LogP contribution is -1.72. The van der Waals surface area contributed by atoms with Gasteiger partial charge in [-0.25, -0.2) is 0 Å². The highest BCUT2D eigenvalue weighted by molar-refractivity contribution is 7.22. The van der Waals surface area contributed by atoms with E-state index in [1.165, 1.54) is 20.5 Å². The molecule has 3 aromatic rings. The maximum absolute atomic E-state index is 4.12. The number of fused-ring (bicyclic) bond motifs is 1. The zero-order valence-electron chi connectivity index (χ0n) is 7.92. The molecule has 0 aliphatic carbocycles. The molecule has 0 bridgehead atoms. The van der Waals surface area contributed by atoms with Gasteiger partial charge in [0, 0.05) is 35.2 Å². The summed E-state index contributed by atoms with van der Waals surface area (Å²) < 4.78 is 1.22. The maximum Gasteiger partial charge on any atom is 0.0532 e. The summed E-state index contributed by atoms with van der Waals surface area (Å²) in [5, 5.41) is 1.24. The molecule has 0 atom stereocenters. The van der Waals surface area contributed by atoms with Crippen LogP contribution in [0.4, 0.5) is 0 Å². The van der Waals surface area contributed by atoms with Crippen molar-refractivity contribution in [2.24, 2.45) is 0 Å². The highest BCUT2D eigenvalue weighted by atomic mass is 32.1. The van der Waals surface area contributed by atoms with Crippen molar-refractivity contribution >= 4 is 21.4 Å². The van der Waals surface area contributed by atoms with E-state index >= 15 is 0 Å². The SMILES string of the molecule is c1cncc(-c2cc3ccncc3s2)c1. The Morgan fingerprint density at radius 2 is 1.93 bits per heavy atom. The Balaban J connectivity index is 2.21. The molecule has 2 nitrogen and oxygen atoms in total. The van der Waals surface area contributed by atoms with Crippen LogP contribution in [0.15, 0.2) is 49.1 Å². The first kappa shape index (κ1) is 8.56. The Labute approximate surface area is 91.2 Å². The van der Waals surface area contributed by atoms with Crippen molar-refractivity contribution in [2.75, 3.05) is 0 Å². The summed E-state index contributed by atoms with van der Waals surface area (Å²) in [6.45, 7) is 0. The number of hydrogen-bond acceptors (Lipinski definition) is 3. The van der Waals surface area contributed by atoms with Crippen molar-refractivity contribution in [3.05, 3.63) is 49.1 Å². The predicted octanol–water partition coefficient (Wildman–Crippen LogP) is 3.36. The number of hydrogen-bond donors (Lipinski definition) is 0. The Morgan fingerprint density at radius 1 is 1.00 bits per heavy atom. The number of rotatable bonds is 1. The quantitative estimate of drug-likeness (QED) is 0.618. The van der Waals surface area contributed by atoms with Crippen molar-refractivity contribution < 1.29 is 0 Å². The summed E-state index contributed by atoms with van der Waals surface area (Å²) >= 11 is 1.75. The van der Waals surface area contributed by atoms with Gasteiger partial charge in [-0.1, -0.05) is 6.07 Å². The van der Waals surface area contributed by atoms with Crippen LogP contribution < -0.4 is 0 Å². The van der Waals surface area contributed by atoms with Crippen molar-refractivity contribution in [1.29, 1.82) is 0 Å². The van der Waals surface area contributed by atoms with Crippen LogP contribution in [0.1, 0.15) is 0 Å². The molecule has 0 amide bonds. The zero-order chi connectivity index (χ0) is 10.1. The monoisotopic (exact) mass is 212 g/mol. The molecule has 3 heteroatoms. The summed E-state index contributed by atoms with van der Waals surface area (Å²) in [4.78, 5) is 9.48. The number of pyridine rings is 2. The Morgan fingerprint density at radius 3 is 2.73 bits per heavy atom. The molecule has 0 aliphatic heterocycles. The van der Waals surface area contributed by atoms with Gasteiger partial charge in [-0.3, -0.25) is 9.97 Å². The third kappa shape index (κ3) is 1.51. The summed E-state index contributed by atoms with van der Waals surface area (Å²) in [7, 11) is 0. The summed E-state index contributed by atoms with van der Waals surface area (Å²) in [5.41, 5.74) is 1.17. The average Bonchev–Trinajstić information content (AvgIpc) is 2.74. The fourth-order valence-corrected chi connectivity index (χ4v) is 2.55. The van der Waals surface area contributed by atoms with Crippen LogP contribution in [0, 0.1) is 0 Å². The van der Waals surface area contributed by atoms with E-state index in [1.807, 2.05) is 30.7 Å². The first-order valence-corrected chi connectivity index (χ1v) is 5.49. The lowest BCUT2D eigenvalue weighted by atomic mass is 10.2. The van der Waals surface area contributed by atoms with Crippen LogP contribution in [0.3, 0.4) is 0 Å². The fraction of sp³-hybridized carbons (Fsp3) is 0. The van der Waals surface area contributed by atoms with Crippen LogP contribution in [0.25, 0.3) is 20.5 Å².